The van der Waals surface area contributed by atoms with Gasteiger partial charge in [0.05, 0.1) is 0 Å². The van der Waals surface area contributed by atoms with E-state index in [4.69, 9.17) is 0 Å². The molecule has 0 fully saturated rings. The fourth-order valence-electron chi connectivity index (χ4n) is 2.48. The topological polar surface area (TPSA) is 40.5 Å². The molecule has 1 N–H and O–H groups in total. The van der Waals surface area contributed by atoms with Crippen molar-refractivity contribution in [1.29, 1.82) is 0 Å². The van der Waals surface area contributed by atoms with E-state index in [1.54, 1.807) is 29.2 Å². The largest absolute Gasteiger partial charge is 0.508 e. The van der Waals surface area contributed by atoms with Gasteiger partial charge in [0.15, 0.2) is 0 Å². The quantitative estimate of drug-likeness (QED) is 0.912. The summed E-state index contributed by atoms with van der Waals surface area (Å²) in [4.78, 5) is 14.1. The van der Waals surface area contributed by atoms with E-state index in [9.17, 15) is 14.3 Å². The van der Waals surface area contributed by atoms with Crippen molar-refractivity contribution in [3.8, 4) is 5.75 Å². The van der Waals surface area contributed by atoms with Gasteiger partial charge in [-0.3, -0.25) is 4.79 Å². The minimum absolute atomic E-state index is 0.0458. The van der Waals surface area contributed by atoms with Crippen molar-refractivity contribution in [2.75, 3.05) is 6.54 Å². The standard InChI is InChI=1S/C16H14FNO2/c17-13-3-1-11(2-4-13)10-18-8-7-12-9-14(19)5-6-15(12)16(18)20/h1-6,9,19H,7-8,10H2. The van der Waals surface area contributed by atoms with Crippen LogP contribution >= 0.6 is 0 Å². The number of phenolic OH excluding ortho intramolecular Hbond substituents is 1. The van der Waals surface area contributed by atoms with Gasteiger partial charge in [-0.1, -0.05) is 12.1 Å². The summed E-state index contributed by atoms with van der Waals surface area (Å²) in [6.45, 7) is 1.08. The Kier molecular flexibility index (Phi) is 3.14. The first-order chi connectivity index (χ1) is 9.63. The Labute approximate surface area is 116 Å². The smallest absolute Gasteiger partial charge is 0.254 e. The first-order valence-electron chi connectivity index (χ1n) is 6.49. The van der Waals surface area contributed by atoms with E-state index in [0.29, 0.717) is 18.7 Å². The summed E-state index contributed by atoms with van der Waals surface area (Å²) in [5.41, 5.74) is 2.42. The molecular weight excluding hydrogens is 257 g/mol. The fraction of sp³-hybridized carbons (Fsp3) is 0.188. The van der Waals surface area contributed by atoms with Crippen molar-refractivity contribution >= 4 is 5.91 Å². The fourth-order valence-corrected chi connectivity index (χ4v) is 2.48. The van der Waals surface area contributed by atoms with E-state index in [-0.39, 0.29) is 17.5 Å². The van der Waals surface area contributed by atoms with Gasteiger partial charge in [-0.2, -0.15) is 0 Å². The number of hydrogen-bond donors (Lipinski definition) is 1. The van der Waals surface area contributed by atoms with Crippen molar-refractivity contribution in [1.82, 2.24) is 4.90 Å². The monoisotopic (exact) mass is 271 g/mol. The van der Waals surface area contributed by atoms with E-state index in [1.165, 1.54) is 18.2 Å². The van der Waals surface area contributed by atoms with Crippen molar-refractivity contribution < 1.29 is 14.3 Å². The number of benzene rings is 2. The van der Waals surface area contributed by atoms with Gasteiger partial charge in [0.25, 0.3) is 5.91 Å². The van der Waals surface area contributed by atoms with Gasteiger partial charge in [-0.05, 0) is 47.9 Å². The molecule has 0 saturated heterocycles. The lowest BCUT2D eigenvalue weighted by molar-refractivity contribution is 0.0727. The van der Waals surface area contributed by atoms with E-state index in [0.717, 1.165) is 17.5 Å². The van der Waals surface area contributed by atoms with Crippen molar-refractivity contribution in [3.05, 3.63) is 65.0 Å². The van der Waals surface area contributed by atoms with Crippen molar-refractivity contribution in [2.45, 2.75) is 13.0 Å². The molecule has 0 atom stereocenters. The first kappa shape index (κ1) is 12.7. The maximum atomic E-state index is 12.9. The number of fused-ring (bicyclic) bond motifs is 1. The molecule has 0 aliphatic carbocycles. The van der Waals surface area contributed by atoms with Crippen molar-refractivity contribution in [3.63, 3.8) is 0 Å². The Morgan fingerprint density at radius 3 is 2.65 bits per heavy atom. The summed E-state index contributed by atoms with van der Waals surface area (Å²) in [5.74, 6) is -0.140. The predicted molar refractivity (Wildman–Crippen MR) is 73.0 cm³/mol. The SMILES string of the molecule is O=C1c2ccc(O)cc2CCN1Cc1ccc(F)cc1. The molecule has 0 bridgehead atoms. The van der Waals surface area contributed by atoms with Crippen LogP contribution in [-0.2, 0) is 13.0 Å². The Balaban J connectivity index is 1.81. The van der Waals surface area contributed by atoms with E-state index in [2.05, 4.69) is 0 Å². The van der Waals surface area contributed by atoms with Gasteiger partial charge >= 0.3 is 0 Å². The Bertz CT molecular complexity index is 652. The van der Waals surface area contributed by atoms with Crippen LogP contribution in [0.5, 0.6) is 5.75 Å². The average molecular weight is 271 g/mol. The Morgan fingerprint density at radius 2 is 1.90 bits per heavy atom. The zero-order valence-electron chi connectivity index (χ0n) is 10.8. The maximum absolute atomic E-state index is 12.9. The number of phenols is 1. The van der Waals surface area contributed by atoms with Crippen LogP contribution in [0.25, 0.3) is 0 Å². The lowest BCUT2D eigenvalue weighted by Crippen LogP contribution is -2.36. The molecule has 3 nitrogen and oxygen atoms in total. The highest BCUT2D eigenvalue weighted by Crippen LogP contribution is 2.24. The molecule has 4 heteroatoms. The van der Waals surface area contributed by atoms with Gasteiger partial charge < -0.3 is 10.0 Å². The molecule has 20 heavy (non-hydrogen) atoms. The Hall–Kier alpha value is -2.36. The highest BCUT2D eigenvalue weighted by Gasteiger charge is 2.24. The third kappa shape index (κ3) is 2.37. The zero-order chi connectivity index (χ0) is 14.1. The minimum Gasteiger partial charge on any atom is -0.508 e. The summed E-state index contributed by atoms with van der Waals surface area (Å²) >= 11 is 0. The summed E-state index contributed by atoms with van der Waals surface area (Å²) in [7, 11) is 0. The number of carbonyl (C=O) groups is 1. The van der Waals surface area contributed by atoms with Crippen LogP contribution in [0.1, 0.15) is 21.5 Å². The molecule has 1 aliphatic heterocycles. The van der Waals surface area contributed by atoms with E-state index >= 15 is 0 Å². The molecule has 2 aromatic carbocycles. The van der Waals surface area contributed by atoms with Crippen molar-refractivity contribution in [2.24, 2.45) is 0 Å². The second kappa shape index (κ2) is 4.96. The van der Waals surface area contributed by atoms with Gasteiger partial charge in [0, 0.05) is 18.7 Å². The van der Waals surface area contributed by atoms with Gasteiger partial charge in [0.2, 0.25) is 0 Å². The molecule has 1 heterocycles. The predicted octanol–water partition coefficient (Wildman–Crippen LogP) is 2.73. The number of aromatic hydroxyl groups is 1. The lowest BCUT2D eigenvalue weighted by atomic mass is 9.98. The summed E-state index contributed by atoms with van der Waals surface area (Å²) in [5, 5.41) is 9.44. The van der Waals surface area contributed by atoms with Crippen LogP contribution in [0.15, 0.2) is 42.5 Å². The number of halogens is 1. The molecule has 102 valence electrons. The second-order valence-corrected chi connectivity index (χ2v) is 4.94. The normalized spacial score (nSPS) is 14.2. The molecule has 3 rings (SSSR count). The number of nitrogens with zero attached hydrogens (tertiary/aromatic N) is 1. The van der Waals surface area contributed by atoms with Crippen LogP contribution in [-0.4, -0.2) is 22.5 Å². The summed E-state index contributed by atoms with van der Waals surface area (Å²) in [6.07, 6.45) is 0.719. The van der Waals surface area contributed by atoms with Crippen LogP contribution in [0.2, 0.25) is 0 Å². The molecule has 0 radical (unpaired) electrons. The molecular formula is C16H14FNO2. The molecule has 0 saturated carbocycles. The lowest BCUT2D eigenvalue weighted by Gasteiger charge is -2.28. The highest BCUT2D eigenvalue weighted by atomic mass is 19.1. The number of amides is 1. The first-order valence-corrected chi connectivity index (χ1v) is 6.49. The number of carbonyl (C=O) groups excluding carboxylic acids is 1. The number of rotatable bonds is 2. The third-order valence-electron chi connectivity index (χ3n) is 3.54. The van der Waals surface area contributed by atoms with E-state index < -0.39 is 0 Å². The zero-order valence-corrected chi connectivity index (χ0v) is 10.8. The molecule has 2 aromatic rings. The van der Waals surface area contributed by atoms with Crippen LogP contribution in [0.4, 0.5) is 4.39 Å². The highest BCUT2D eigenvalue weighted by molar-refractivity contribution is 5.96. The average Bonchev–Trinajstić information content (AvgIpc) is 2.44. The van der Waals surface area contributed by atoms with Crippen LogP contribution in [0, 0.1) is 5.82 Å². The second-order valence-electron chi connectivity index (χ2n) is 4.94. The van der Waals surface area contributed by atoms with E-state index in [1.807, 2.05) is 0 Å². The molecule has 0 unspecified atom stereocenters. The third-order valence-corrected chi connectivity index (χ3v) is 3.54. The molecule has 1 aliphatic rings. The van der Waals surface area contributed by atoms with Gasteiger partial charge in [-0.15, -0.1) is 0 Å². The molecule has 0 aromatic heterocycles. The maximum Gasteiger partial charge on any atom is 0.254 e. The van der Waals surface area contributed by atoms with Crippen LogP contribution in [0.3, 0.4) is 0 Å². The van der Waals surface area contributed by atoms with Gasteiger partial charge in [-0.25, -0.2) is 4.39 Å². The van der Waals surface area contributed by atoms with Gasteiger partial charge in [0.1, 0.15) is 11.6 Å². The van der Waals surface area contributed by atoms with Crippen LogP contribution < -0.4 is 0 Å². The summed E-state index contributed by atoms with van der Waals surface area (Å²) in [6, 6.07) is 11.0. The molecule has 1 amide bonds. The number of hydrogen-bond acceptors (Lipinski definition) is 2. The Morgan fingerprint density at radius 1 is 1.15 bits per heavy atom. The molecule has 0 spiro atoms. The summed E-state index contributed by atoms with van der Waals surface area (Å²) < 4.78 is 12.9. The minimum atomic E-state index is -0.278.